The lowest BCUT2D eigenvalue weighted by Crippen LogP contribution is -2.37. The average molecular weight is 354 g/mol. The van der Waals surface area contributed by atoms with Crippen molar-refractivity contribution in [1.82, 2.24) is 24.5 Å². The third kappa shape index (κ3) is 3.51. The summed E-state index contributed by atoms with van der Waals surface area (Å²) in [7, 11) is 0. The van der Waals surface area contributed by atoms with E-state index in [9.17, 15) is 0 Å². The fourth-order valence-electron chi connectivity index (χ4n) is 2.85. The molecule has 4 heterocycles. The van der Waals surface area contributed by atoms with Crippen molar-refractivity contribution in [1.29, 1.82) is 0 Å². The van der Waals surface area contributed by atoms with Crippen molar-refractivity contribution in [2.45, 2.75) is 26.6 Å². The fraction of sp³-hybridized carbons (Fsp3) is 0.444. The topological polar surface area (TPSA) is 78.2 Å². The summed E-state index contributed by atoms with van der Waals surface area (Å²) < 4.78 is 13.0. The number of fused-ring (bicyclic) bond motifs is 1. The van der Waals surface area contributed by atoms with Crippen LogP contribution in [0.4, 0.5) is 5.82 Å². The van der Waals surface area contributed by atoms with E-state index in [0.29, 0.717) is 25.8 Å². The molecule has 3 aromatic rings. The molecule has 0 bridgehead atoms. The number of imidazole rings is 1. The van der Waals surface area contributed by atoms with Crippen molar-refractivity contribution in [3.05, 3.63) is 36.5 Å². The van der Waals surface area contributed by atoms with Gasteiger partial charge in [0.15, 0.2) is 5.82 Å². The lowest BCUT2D eigenvalue weighted by Gasteiger charge is -2.28. The molecule has 0 amide bonds. The first-order valence-electron chi connectivity index (χ1n) is 8.81. The number of hydrogen-bond donors (Lipinski definition) is 0. The molecule has 1 fully saturated rings. The standard InChI is InChI=1S/C18H22N6O2/c1-13(2)26-11-14-3-4-15-16(20-14)17(23-7-9-25-10-8-23)22-18(21-15)24-6-5-19-12-24/h3-6,12-13H,7-11H2,1-2H3. The van der Waals surface area contributed by atoms with Gasteiger partial charge in [-0.05, 0) is 26.0 Å². The zero-order valence-corrected chi connectivity index (χ0v) is 15.0. The number of morpholine rings is 1. The molecule has 1 aliphatic heterocycles. The van der Waals surface area contributed by atoms with Crippen LogP contribution >= 0.6 is 0 Å². The highest BCUT2D eigenvalue weighted by molar-refractivity contribution is 5.86. The molecular weight excluding hydrogens is 332 g/mol. The Hall–Kier alpha value is -2.58. The number of hydrogen-bond acceptors (Lipinski definition) is 7. The van der Waals surface area contributed by atoms with Gasteiger partial charge in [0.25, 0.3) is 0 Å². The second-order valence-corrected chi connectivity index (χ2v) is 6.45. The van der Waals surface area contributed by atoms with Gasteiger partial charge in [-0.1, -0.05) is 0 Å². The molecule has 0 atom stereocenters. The maximum atomic E-state index is 5.70. The minimum Gasteiger partial charge on any atom is -0.378 e. The quantitative estimate of drug-likeness (QED) is 0.693. The Morgan fingerprint density at radius 3 is 2.73 bits per heavy atom. The Labute approximate surface area is 151 Å². The Morgan fingerprint density at radius 2 is 2.00 bits per heavy atom. The van der Waals surface area contributed by atoms with Crippen molar-refractivity contribution < 1.29 is 9.47 Å². The summed E-state index contributed by atoms with van der Waals surface area (Å²) in [6.07, 6.45) is 5.41. The van der Waals surface area contributed by atoms with E-state index in [0.717, 1.165) is 35.6 Å². The van der Waals surface area contributed by atoms with Gasteiger partial charge < -0.3 is 14.4 Å². The Balaban J connectivity index is 1.79. The number of ether oxygens (including phenoxy) is 2. The molecule has 1 aliphatic rings. The van der Waals surface area contributed by atoms with E-state index in [4.69, 9.17) is 19.4 Å². The molecule has 0 spiro atoms. The van der Waals surface area contributed by atoms with Gasteiger partial charge in [-0.3, -0.25) is 4.57 Å². The van der Waals surface area contributed by atoms with E-state index >= 15 is 0 Å². The molecule has 0 unspecified atom stereocenters. The van der Waals surface area contributed by atoms with E-state index in [2.05, 4.69) is 14.9 Å². The maximum Gasteiger partial charge on any atom is 0.237 e. The second kappa shape index (κ2) is 7.35. The van der Waals surface area contributed by atoms with Crippen LogP contribution in [0.3, 0.4) is 0 Å². The molecule has 0 aromatic carbocycles. The summed E-state index contributed by atoms with van der Waals surface area (Å²) >= 11 is 0. The van der Waals surface area contributed by atoms with Crippen LogP contribution in [0.5, 0.6) is 0 Å². The minimum absolute atomic E-state index is 0.158. The summed E-state index contributed by atoms with van der Waals surface area (Å²) in [5.74, 6) is 1.41. The Kier molecular flexibility index (Phi) is 4.77. The smallest absolute Gasteiger partial charge is 0.237 e. The van der Waals surface area contributed by atoms with E-state index in [1.165, 1.54) is 0 Å². The van der Waals surface area contributed by atoms with Crippen LogP contribution < -0.4 is 4.90 Å². The van der Waals surface area contributed by atoms with Gasteiger partial charge in [0.05, 0.1) is 37.1 Å². The van der Waals surface area contributed by atoms with Gasteiger partial charge in [0.1, 0.15) is 11.8 Å². The molecule has 8 heteroatoms. The molecule has 8 nitrogen and oxygen atoms in total. The van der Waals surface area contributed by atoms with E-state index in [1.807, 2.05) is 32.2 Å². The van der Waals surface area contributed by atoms with Crippen LogP contribution in [0, 0.1) is 0 Å². The molecule has 0 saturated carbocycles. The number of anilines is 1. The normalized spacial score (nSPS) is 15.1. The highest BCUT2D eigenvalue weighted by Gasteiger charge is 2.19. The molecule has 136 valence electrons. The first-order valence-corrected chi connectivity index (χ1v) is 8.81. The zero-order valence-electron chi connectivity index (χ0n) is 15.0. The predicted molar refractivity (Wildman–Crippen MR) is 97.4 cm³/mol. The van der Waals surface area contributed by atoms with Crippen molar-refractivity contribution in [2.24, 2.45) is 0 Å². The van der Waals surface area contributed by atoms with Gasteiger partial charge in [-0.2, -0.15) is 4.98 Å². The summed E-state index contributed by atoms with van der Waals surface area (Å²) in [6.45, 7) is 7.43. The largest absolute Gasteiger partial charge is 0.378 e. The van der Waals surface area contributed by atoms with E-state index < -0.39 is 0 Å². The van der Waals surface area contributed by atoms with Crippen LogP contribution in [0.15, 0.2) is 30.9 Å². The van der Waals surface area contributed by atoms with Crippen LogP contribution in [0.1, 0.15) is 19.5 Å². The summed E-state index contributed by atoms with van der Waals surface area (Å²) in [4.78, 5) is 20.5. The lowest BCUT2D eigenvalue weighted by atomic mass is 10.2. The molecule has 4 rings (SSSR count). The average Bonchev–Trinajstić information content (AvgIpc) is 3.21. The third-order valence-corrected chi connectivity index (χ3v) is 4.18. The van der Waals surface area contributed by atoms with Gasteiger partial charge >= 0.3 is 0 Å². The van der Waals surface area contributed by atoms with Gasteiger partial charge in [0, 0.05) is 25.5 Å². The van der Waals surface area contributed by atoms with Crippen LogP contribution in [0.2, 0.25) is 0 Å². The first-order chi connectivity index (χ1) is 12.7. The van der Waals surface area contributed by atoms with Crippen molar-refractivity contribution >= 4 is 16.9 Å². The summed E-state index contributed by atoms with van der Waals surface area (Å²) in [6, 6.07) is 3.94. The molecular formula is C18H22N6O2. The third-order valence-electron chi connectivity index (χ3n) is 4.18. The Morgan fingerprint density at radius 1 is 1.15 bits per heavy atom. The monoisotopic (exact) mass is 354 g/mol. The van der Waals surface area contributed by atoms with Crippen molar-refractivity contribution in [2.75, 3.05) is 31.2 Å². The number of rotatable bonds is 5. The van der Waals surface area contributed by atoms with Gasteiger partial charge in [-0.15, -0.1) is 0 Å². The molecule has 0 N–H and O–H groups in total. The molecule has 26 heavy (non-hydrogen) atoms. The summed E-state index contributed by atoms with van der Waals surface area (Å²) in [5, 5.41) is 0. The van der Waals surface area contributed by atoms with Crippen LogP contribution in [-0.4, -0.2) is 56.9 Å². The maximum absolute atomic E-state index is 5.70. The number of aromatic nitrogens is 5. The minimum atomic E-state index is 0.158. The van der Waals surface area contributed by atoms with Crippen molar-refractivity contribution in [3.63, 3.8) is 0 Å². The molecule has 1 saturated heterocycles. The van der Waals surface area contributed by atoms with E-state index in [1.54, 1.807) is 17.1 Å². The number of nitrogens with zero attached hydrogens (tertiary/aromatic N) is 6. The summed E-state index contributed by atoms with van der Waals surface area (Å²) in [5.41, 5.74) is 2.47. The van der Waals surface area contributed by atoms with E-state index in [-0.39, 0.29) is 6.10 Å². The predicted octanol–water partition coefficient (Wildman–Crippen LogP) is 1.97. The van der Waals surface area contributed by atoms with Crippen molar-refractivity contribution in [3.8, 4) is 5.95 Å². The highest BCUT2D eigenvalue weighted by Crippen LogP contribution is 2.25. The fourth-order valence-corrected chi connectivity index (χ4v) is 2.85. The number of pyridine rings is 1. The molecule has 3 aromatic heterocycles. The van der Waals surface area contributed by atoms with Gasteiger partial charge in [-0.25, -0.2) is 15.0 Å². The second-order valence-electron chi connectivity index (χ2n) is 6.45. The zero-order chi connectivity index (χ0) is 17.9. The molecule has 0 aliphatic carbocycles. The Bertz CT molecular complexity index is 875. The highest BCUT2D eigenvalue weighted by atomic mass is 16.5. The van der Waals surface area contributed by atoms with Gasteiger partial charge in [0.2, 0.25) is 5.95 Å². The lowest BCUT2D eigenvalue weighted by molar-refractivity contribution is 0.0637. The molecule has 0 radical (unpaired) electrons. The first kappa shape index (κ1) is 16.9. The van der Waals surface area contributed by atoms with Crippen LogP contribution in [0.25, 0.3) is 17.0 Å². The van der Waals surface area contributed by atoms with Crippen LogP contribution in [-0.2, 0) is 16.1 Å². The SMILES string of the molecule is CC(C)OCc1ccc2nc(-n3ccnc3)nc(N3CCOCC3)c2n1.